The van der Waals surface area contributed by atoms with Crippen LogP contribution in [-0.4, -0.2) is 24.9 Å². The molecule has 0 amide bonds. The Morgan fingerprint density at radius 1 is 1.33 bits per heavy atom. The molecule has 1 N–H and O–H groups in total. The zero-order valence-electron chi connectivity index (χ0n) is 8.00. The normalized spacial score (nSPS) is 12.7. The first-order chi connectivity index (χ1) is 7.16. The zero-order chi connectivity index (χ0) is 10.8. The van der Waals surface area contributed by atoms with Gasteiger partial charge >= 0.3 is 0 Å². The summed E-state index contributed by atoms with van der Waals surface area (Å²) in [6, 6.07) is 0. The fourth-order valence-corrected chi connectivity index (χ4v) is 1.09. The highest BCUT2D eigenvalue weighted by molar-refractivity contribution is 5.18. The van der Waals surface area contributed by atoms with Gasteiger partial charge in [0, 0.05) is 0 Å². The van der Waals surface area contributed by atoms with Gasteiger partial charge in [0.1, 0.15) is 0 Å². The van der Waals surface area contributed by atoms with E-state index in [4.69, 9.17) is 0 Å². The molecule has 0 bridgehead atoms. The number of nitrogens with zero attached hydrogens (tertiary/aromatic N) is 4. The Morgan fingerprint density at radius 2 is 2.13 bits per heavy atom. The lowest BCUT2D eigenvalue weighted by atomic mass is 10.3. The maximum absolute atomic E-state index is 12.6. The average Bonchev–Trinajstić information content (AvgIpc) is 2.65. The van der Waals surface area contributed by atoms with E-state index in [0.29, 0.717) is 11.5 Å². The summed E-state index contributed by atoms with van der Waals surface area (Å²) in [6.07, 6.45) is 4.48. The minimum Gasteiger partial charge on any atom is -0.387 e. The van der Waals surface area contributed by atoms with Crippen LogP contribution in [0.4, 0.5) is 4.39 Å². The number of aromatic nitrogens is 4. The van der Waals surface area contributed by atoms with Crippen LogP contribution in [0.5, 0.6) is 0 Å². The molecule has 5 nitrogen and oxygen atoms in total. The van der Waals surface area contributed by atoms with Gasteiger partial charge in [-0.2, -0.15) is 5.10 Å². The van der Waals surface area contributed by atoms with Crippen molar-refractivity contribution in [3.8, 4) is 5.82 Å². The number of aliphatic hydroxyl groups excluding tert-OH is 1. The number of halogens is 1. The van der Waals surface area contributed by atoms with Crippen molar-refractivity contribution in [3.63, 3.8) is 0 Å². The number of hydrogen-bond donors (Lipinski definition) is 1. The molecule has 2 heterocycles. The molecule has 0 saturated heterocycles. The van der Waals surface area contributed by atoms with Gasteiger partial charge in [-0.25, -0.2) is 14.1 Å². The van der Waals surface area contributed by atoms with Crippen LogP contribution < -0.4 is 0 Å². The molecule has 0 saturated carbocycles. The van der Waals surface area contributed by atoms with E-state index in [1.54, 1.807) is 6.92 Å². The first kappa shape index (κ1) is 9.72. The minimum atomic E-state index is -0.666. The third-order valence-corrected chi connectivity index (χ3v) is 1.87. The van der Waals surface area contributed by atoms with Gasteiger partial charge in [-0.1, -0.05) is 0 Å². The van der Waals surface area contributed by atoms with Gasteiger partial charge in [-0.15, -0.1) is 0 Å². The Labute approximate surface area is 85.2 Å². The van der Waals surface area contributed by atoms with Gasteiger partial charge in [-0.05, 0) is 6.92 Å². The first-order valence-electron chi connectivity index (χ1n) is 4.37. The number of rotatable bonds is 2. The standard InChI is InChI=1S/C9H9FN4O/c1-6(15)8-3-12-9(4-11-8)14-5-7(10)2-13-14/h2-6,15H,1H3. The van der Waals surface area contributed by atoms with Crippen molar-refractivity contribution >= 4 is 0 Å². The second-order valence-corrected chi connectivity index (χ2v) is 3.08. The summed E-state index contributed by atoms with van der Waals surface area (Å²) in [7, 11) is 0. The van der Waals surface area contributed by atoms with E-state index in [1.165, 1.54) is 23.3 Å². The molecule has 0 radical (unpaired) electrons. The second kappa shape index (κ2) is 3.74. The van der Waals surface area contributed by atoms with Crippen LogP contribution in [0.25, 0.3) is 5.82 Å². The highest BCUT2D eigenvalue weighted by Crippen LogP contribution is 2.08. The van der Waals surface area contributed by atoms with Crippen LogP contribution in [0.15, 0.2) is 24.8 Å². The van der Waals surface area contributed by atoms with Gasteiger partial charge in [0.25, 0.3) is 0 Å². The van der Waals surface area contributed by atoms with Crippen LogP contribution in [0.2, 0.25) is 0 Å². The first-order valence-corrected chi connectivity index (χ1v) is 4.37. The van der Waals surface area contributed by atoms with Gasteiger partial charge in [0.15, 0.2) is 11.6 Å². The van der Waals surface area contributed by atoms with Crippen LogP contribution in [0.3, 0.4) is 0 Å². The van der Waals surface area contributed by atoms with Crippen molar-refractivity contribution in [1.82, 2.24) is 19.7 Å². The van der Waals surface area contributed by atoms with E-state index in [9.17, 15) is 9.50 Å². The molecule has 2 rings (SSSR count). The maximum atomic E-state index is 12.6. The summed E-state index contributed by atoms with van der Waals surface area (Å²) in [5.74, 6) is -0.0281. The Bertz CT molecular complexity index is 451. The highest BCUT2D eigenvalue weighted by Gasteiger charge is 2.05. The van der Waals surface area contributed by atoms with Crippen LogP contribution in [-0.2, 0) is 0 Å². The molecule has 6 heteroatoms. The van der Waals surface area contributed by atoms with Gasteiger partial charge in [-0.3, -0.25) is 4.98 Å². The van der Waals surface area contributed by atoms with E-state index >= 15 is 0 Å². The number of aliphatic hydroxyl groups is 1. The summed E-state index contributed by atoms with van der Waals surface area (Å²) in [5.41, 5.74) is 0.464. The molecule has 1 atom stereocenters. The molecule has 0 aliphatic carbocycles. The summed E-state index contributed by atoms with van der Waals surface area (Å²) in [4.78, 5) is 7.96. The minimum absolute atomic E-state index is 0.406. The van der Waals surface area contributed by atoms with Crippen molar-refractivity contribution in [2.24, 2.45) is 0 Å². The van der Waals surface area contributed by atoms with E-state index in [-0.39, 0.29) is 0 Å². The second-order valence-electron chi connectivity index (χ2n) is 3.08. The molecule has 0 fully saturated rings. The predicted octanol–water partition coefficient (Wildman–Crippen LogP) is 0.855. The van der Waals surface area contributed by atoms with Crippen molar-refractivity contribution in [2.45, 2.75) is 13.0 Å². The van der Waals surface area contributed by atoms with E-state index in [0.717, 1.165) is 6.20 Å². The van der Waals surface area contributed by atoms with Crippen molar-refractivity contribution in [2.75, 3.05) is 0 Å². The lowest BCUT2D eigenvalue weighted by Gasteiger charge is -2.03. The van der Waals surface area contributed by atoms with Crippen LogP contribution in [0.1, 0.15) is 18.7 Å². The van der Waals surface area contributed by atoms with Crippen molar-refractivity contribution in [3.05, 3.63) is 36.3 Å². The summed E-state index contributed by atoms with van der Waals surface area (Å²) < 4.78 is 13.9. The fraction of sp³-hybridized carbons (Fsp3) is 0.222. The summed E-state index contributed by atoms with van der Waals surface area (Å²) >= 11 is 0. The Balaban J connectivity index is 2.31. The molecule has 2 aromatic heterocycles. The van der Waals surface area contributed by atoms with Crippen molar-refractivity contribution in [1.29, 1.82) is 0 Å². The topological polar surface area (TPSA) is 63.8 Å². The lowest BCUT2D eigenvalue weighted by molar-refractivity contribution is 0.194. The quantitative estimate of drug-likeness (QED) is 0.794. The molecule has 0 aliphatic heterocycles. The van der Waals surface area contributed by atoms with Gasteiger partial charge in [0.2, 0.25) is 0 Å². The maximum Gasteiger partial charge on any atom is 0.171 e. The highest BCUT2D eigenvalue weighted by atomic mass is 19.1. The molecule has 0 aromatic carbocycles. The van der Waals surface area contributed by atoms with Gasteiger partial charge < -0.3 is 5.11 Å². The molecular formula is C9H9FN4O. The SMILES string of the molecule is CC(O)c1cnc(-n2cc(F)cn2)cn1. The molecule has 15 heavy (non-hydrogen) atoms. The molecule has 1 unspecified atom stereocenters. The van der Waals surface area contributed by atoms with Crippen molar-refractivity contribution < 1.29 is 9.50 Å². The molecular weight excluding hydrogens is 199 g/mol. The monoisotopic (exact) mass is 208 g/mol. The van der Waals surface area contributed by atoms with E-state index < -0.39 is 11.9 Å². The molecule has 2 aromatic rings. The fourth-order valence-electron chi connectivity index (χ4n) is 1.09. The summed E-state index contributed by atoms with van der Waals surface area (Å²) in [6.45, 7) is 1.59. The molecule has 0 spiro atoms. The van der Waals surface area contributed by atoms with Gasteiger partial charge in [0.05, 0.1) is 36.6 Å². The van der Waals surface area contributed by atoms with E-state index in [2.05, 4.69) is 15.1 Å². The summed E-state index contributed by atoms with van der Waals surface area (Å²) in [5, 5.41) is 12.9. The van der Waals surface area contributed by atoms with Crippen LogP contribution >= 0.6 is 0 Å². The Kier molecular flexibility index (Phi) is 2.42. The third kappa shape index (κ3) is 1.99. The van der Waals surface area contributed by atoms with Crippen LogP contribution in [0, 0.1) is 5.82 Å². The van der Waals surface area contributed by atoms with E-state index in [1.807, 2.05) is 0 Å². The average molecular weight is 208 g/mol. The Morgan fingerprint density at radius 3 is 2.60 bits per heavy atom. The molecule has 0 aliphatic rings. The third-order valence-electron chi connectivity index (χ3n) is 1.87. The Hall–Kier alpha value is -1.82. The predicted molar refractivity (Wildman–Crippen MR) is 49.7 cm³/mol. The zero-order valence-corrected chi connectivity index (χ0v) is 8.00. The number of hydrogen-bond acceptors (Lipinski definition) is 4. The smallest absolute Gasteiger partial charge is 0.171 e. The largest absolute Gasteiger partial charge is 0.387 e. The lowest BCUT2D eigenvalue weighted by Crippen LogP contribution is -2.02. The molecule has 78 valence electrons.